The van der Waals surface area contributed by atoms with Gasteiger partial charge >= 0.3 is 0 Å². The van der Waals surface area contributed by atoms with Gasteiger partial charge in [0.2, 0.25) is 0 Å². The highest BCUT2D eigenvalue weighted by Crippen LogP contribution is 2.18. The molecule has 0 saturated heterocycles. The van der Waals surface area contributed by atoms with Crippen molar-refractivity contribution in [2.45, 2.75) is 25.8 Å². The summed E-state index contributed by atoms with van der Waals surface area (Å²) in [4.78, 5) is 11.9. The zero-order valence-corrected chi connectivity index (χ0v) is 9.97. The monoisotopic (exact) mass is 243 g/mol. The predicted octanol–water partition coefficient (Wildman–Crippen LogP) is 1.69. The molecule has 1 amide bonds. The molecular formula is C13H13N3O2. The van der Waals surface area contributed by atoms with Crippen LogP contribution in [0.1, 0.15) is 35.7 Å². The van der Waals surface area contributed by atoms with Crippen molar-refractivity contribution in [1.82, 2.24) is 5.32 Å². The van der Waals surface area contributed by atoms with Gasteiger partial charge in [-0.1, -0.05) is 6.92 Å². The summed E-state index contributed by atoms with van der Waals surface area (Å²) in [6.07, 6.45) is 0.832. The normalized spacial score (nSPS) is 11.1. The van der Waals surface area contributed by atoms with Gasteiger partial charge in [-0.05, 0) is 24.6 Å². The van der Waals surface area contributed by atoms with Crippen LogP contribution < -0.4 is 5.32 Å². The van der Waals surface area contributed by atoms with Crippen LogP contribution in [0.3, 0.4) is 0 Å². The minimum absolute atomic E-state index is 0.0467. The van der Waals surface area contributed by atoms with E-state index >= 15 is 0 Å². The molecular weight excluding hydrogens is 230 g/mol. The van der Waals surface area contributed by atoms with Gasteiger partial charge in [0.1, 0.15) is 5.75 Å². The maximum absolute atomic E-state index is 11.9. The molecule has 92 valence electrons. The highest BCUT2D eigenvalue weighted by Gasteiger charge is 2.15. The topological polar surface area (TPSA) is 96.9 Å². The number of phenols is 1. The summed E-state index contributed by atoms with van der Waals surface area (Å²) < 4.78 is 0. The molecule has 0 heterocycles. The number of carbonyl (C=O) groups is 1. The molecule has 0 fully saturated rings. The zero-order chi connectivity index (χ0) is 13.5. The summed E-state index contributed by atoms with van der Waals surface area (Å²) in [5, 5.41) is 29.6. The lowest BCUT2D eigenvalue weighted by molar-refractivity contribution is 0.0934. The minimum atomic E-state index is -0.480. The first kappa shape index (κ1) is 13.5. The number of hydrogen-bond acceptors (Lipinski definition) is 4. The van der Waals surface area contributed by atoms with E-state index in [0.717, 1.165) is 0 Å². The lowest BCUT2D eigenvalue weighted by atomic mass is 10.1. The first-order valence-electron chi connectivity index (χ1n) is 5.53. The number of rotatable bonds is 4. The highest BCUT2D eigenvalue weighted by molar-refractivity contribution is 5.97. The van der Waals surface area contributed by atoms with Crippen molar-refractivity contribution < 1.29 is 9.90 Å². The number of phenolic OH excluding ortho intramolecular Hbond substituents is 1. The van der Waals surface area contributed by atoms with E-state index in [2.05, 4.69) is 5.32 Å². The highest BCUT2D eigenvalue weighted by atomic mass is 16.3. The summed E-state index contributed by atoms with van der Waals surface area (Å²) in [5.41, 5.74) is 0.344. The van der Waals surface area contributed by atoms with Crippen LogP contribution in [0, 0.1) is 22.7 Å². The number of hydrogen-bond donors (Lipinski definition) is 2. The molecule has 1 aromatic carbocycles. The molecule has 18 heavy (non-hydrogen) atoms. The van der Waals surface area contributed by atoms with E-state index < -0.39 is 5.91 Å². The first-order valence-corrected chi connectivity index (χ1v) is 5.53. The first-order chi connectivity index (χ1) is 8.62. The van der Waals surface area contributed by atoms with Gasteiger partial charge in [0.05, 0.1) is 29.7 Å². The Hall–Kier alpha value is -2.53. The third-order valence-electron chi connectivity index (χ3n) is 2.54. The number of carbonyl (C=O) groups excluding carboxylic acids is 1. The third kappa shape index (κ3) is 3.23. The van der Waals surface area contributed by atoms with Crippen LogP contribution in [0.4, 0.5) is 0 Å². The van der Waals surface area contributed by atoms with Crippen molar-refractivity contribution in [3.05, 3.63) is 29.3 Å². The summed E-state index contributed by atoms with van der Waals surface area (Å²) in [6, 6.07) is 7.68. The van der Waals surface area contributed by atoms with E-state index in [4.69, 9.17) is 10.5 Å². The quantitative estimate of drug-likeness (QED) is 0.840. The Kier molecular flexibility index (Phi) is 4.71. The van der Waals surface area contributed by atoms with Crippen molar-refractivity contribution in [2.24, 2.45) is 0 Å². The lowest BCUT2D eigenvalue weighted by Gasteiger charge is -2.14. The number of aromatic hydroxyl groups is 1. The average molecular weight is 243 g/mol. The Labute approximate surface area is 105 Å². The molecule has 0 saturated carbocycles. The fourth-order valence-electron chi connectivity index (χ4n) is 1.46. The molecule has 1 aromatic rings. The van der Waals surface area contributed by atoms with Gasteiger partial charge in [-0.3, -0.25) is 4.79 Å². The lowest BCUT2D eigenvalue weighted by Crippen LogP contribution is -2.34. The summed E-state index contributed by atoms with van der Waals surface area (Å²) >= 11 is 0. The average Bonchev–Trinajstić information content (AvgIpc) is 2.38. The number of nitrogens with one attached hydrogen (secondary N) is 1. The van der Waals surface area contributed by atoms with Gasteiger partial charge in [-0.15, -0.1) is 0 Å². The molecule has 0 spiro atoms. The van der Waals surface area contributed by atoms with Crippen molar-refractivity contribution in [1.29, 1.82) is 10.5 Å². The number of nitrogens with zero attached hydrogens (tertiary/aromatic N) is 2. The summed E-state index contributed by atoms with van der Waals surface area (Å²) in [6.45, 7) is 1.86. The van der Waals surface area contributed by atoms with Gasteiger partial charge in [0.25, 0.3) is 5.91 Å². The molecule has 5 nitrogen and oxygen atoms in total. The van der Waals surface area contributed by atoms with Crippen molar-refractivity contribution in [3.63, 3.8) is 0 Å². The maximum atomic E-state index is 11.9. The van der Waals surface area contributed by atoms with E-state index in [1.807, 2.05) is 19.1 Å². The zero-order valence-electron chi connectivity index (χ0n) is 9.97. The Morgan fingerprint density at radius 2 is 2.22 bits per heavy atom. The molecule has 1 atom stereocenters. The van der Waals surface area contributed by atoms with Crippen LogP contribution in [0.15, 0.2) is 18.2 Å². The summed E-state index contributed by atoms with van der Waals surface area (Å²) in [7, 11) is 0. The minimum Gasteiger partial charge on any atom is -0.507 e. The standard InChI is InChI=1S/C13H13N3O2/c1-2-10(5-6-14)16-13(18)11-7-9(8-15)3-4-12(11)17/h3-4,7,10,17H,2,5H2,1H3,(H,16,18). The van der Waals surface area contributed by atoms with E-state index in [1.54, 1.807) is 0 Å². The van der Waals surface area contributed by atoms with E-state index in [0.29, 0.717) is 12.0 Å². The second kappa shape index (κ2) is 6.27. The molecule has 0 aromatic heterocycles. The Bertz CT molecular complexity index is 526. The molecule has 0 aliphatic carbocycles. The molecule has 2 N–H and O–H groups in total. The fraction of sp³-hybridized carbons (Fsp3) is 0.308. The summed E-state index contributed by atoms with van der Waals surface area (Å²) in [5.74, 6) is -0.662. The van der Waals surface area contributed by atoms with Gasteiger partial charge < -0.3 is 10.4 Å². The van der Waals surface area contributed by atoms with Crippen molar-refractivity contribution in [2.75, 3.05) is 0 Å². The largest absolute Gasteiger partial charge is 0.507 e. The van der Waals surface area contributed by atoms with E-state index in [1.165, 1.54) is 18.2 Å². The van der Waals surface area contributed by atoms with Crippen molar-refractivity contribution >= 4 is 5.91 Å². The second-order valence-corrected chi connectivity index (χ2v) is 3.78. The van der Waals surface area contributed by atoms with Gasteiger partial charge in [-0.25, -0.2) is 0 Å². The van der Waals surface area contributed by atoms with E-state index in [-0.39, 0.29) is 23.8 Å². The Balaban J connectivity index is 2.91. The fourth-order valence-corrected chi connectivity index (χ4v) is 1.46. The molecule has 0 bridgehead atoms. The number of benzene rings is 1. The van der Waals surface area contributed by atoms with Crippen LogP contribution in [-0.2, 0) is 0 Å². The van der Waals surface area contributed by atoms with Crippen molar-refractivity contribution in [3.8, 4) is 17.9 Å². The third-order valence-corrected chi connectivity index (χ3v) is 2.54. The van der Waals surface area contributed by atoms with Crippen LogP contribution in [0.25, 0.3) is 0 Å². The maximum Gasteiger partial charge on any atom is 0.255 e. The van der Waals surface area contributed by atoms with Gasteiger partial charge in [0, 0.05) is 6.04 Å². The van der Waals surface area contributed by atoms with Crippen LogP contribution >= 0.6 is 0 Å². The number of amides is 1. The van der Waals surface area contributed by atoms with Crippen LogP contribution in [0.5, 0.6) is 5.75 Å². The van der Waals surface area contributed by atoms with E-state index in [9.17, 15) is 9.90 Å². The SMILES string of the molecule is CCC(CC#N)NC(=O)c1cc(C#N)ccc1O. The second-order valence-electron chi connectivity index (χ2n) is 3.78. The smallest absolute Gasteiger partial charge is 0.255 e. The van der Waals surface area contributed by atoms with Gasteiger partial charge in [0.15, 0.2) is 0 Å². The molecule has 0 radical (unpaired) electrons. The Morgan fingerprint density at radius 1 is 1.50 bits per heavy atom. The number of nitriles is 2. The molecule has 1 unspecified atom stereocenters. The predicted molar refractivity (Wildman–Crippen MR) is 64.6 cm³/mol. The molecule has 0 aliphatic heterocycles. The molecule has 0 aliphatic rings. The van der Waals surface area contributed by atoms with Gasteiger partial charge in [-0.2, -0.15) is 10.5 Å². The molecule has 5 heteroatoms. The Morgan fingerprint density at radius 3 is 2.78 bits per heavy atom. The molecule has 1 rings (SSSR count). The van der Waals surface area contributed by atoms with Crippen LogP contribution in [-0.4, -0.2) is 17.1 Å². The van der Waals surface area contributed by atoms with Crippen LogP contribution in [0.2, 0.25) is 0 Å².